The van der Waals surface area contributed by atoms with Crippen molar-refractivity contribution in [2.75, 3.05) is 11.6 Å². The molecule has 0 N–H and O–H groups in total. The highest BCUT2D eigenvalue weighted by Gasteiger charge is 2.22. The van der Waals surface area contributed by atoms with Crippen molar-refractivity contribution in [3.63, 3.8) is 0 Å². The van der Waals surface area contributed by atoms with Crippen LogP contribution in [0.1, 0.15) is 12.0 Å². The largest absolute Gasteiger partial charge is 0.340 e. The molecule has 0 spiro atoms. The van der Waals surface area contributed by atoms with Crippen molar-refractivity contribution in [1.82, 2.24) is 4.57 Å². The second-order valence-corrected chi connectivity index (χ2v) is 7.15. The highest BCUT2D eigenvalue weighted by molar-refractivity contribution is 7.99. The molecule has 0 saturated carbocycles. The Labute approximate surface area is 140 Å². The average molecular weight is 328 g/mol. The first-order valence-electron chi connectivity index (χ1n) is 7.78. The van der Waals surface area contributed by atoms with E-state index in [1.807, 2.05) is 11.8 Å². The van der Waals surface area contributed by atoms with Crippen LogP contribution in [-0.4, -0.2) is 16.2 Å². The molecule has 1 aliphatic rings. The molecule has 0 saturated heterocycles. The van der Waals surface area contributed by atoms with Crippen molar-refractivity contribution in [1.29, 1.82) is 0 Å². The van der Waals surface area contributed by atoms with Gasteiger partial charge in [-0.2, -0.15) is 0 Å². The third-order valence-corrected chi connectivity index (χ3v) is 5.69. The zero-order chi connectivity index (χ0) is 14.9. The van der Waals surface area contributed by atoms with Crippen molar-refractivity contribution in [3.8, 4) is 11.3 Å². The van der Waals surface area contributed by atoms with E-state index in [0.717, 1.165) is 25.1 Å². The summed E-state index contributed by atoms with van der Waals surface area (Å²) < 4.78 is 2.48. The lowest BCUT2D eigenvalue weighted by Crippen LogP contribution is -2.02. The zero-order valence-electron chi connectivity index (χ0n) is 12.4. The molecule has 2 aromatic carbocycles. The monoisotopic (exact) mass is 327 g/mol. The Hall–Kier alpha value is -1.38. The Morgan fingerprint density at radius 2 is 1.86 bits per heavy atom. The van der Waals surface area contributed by atoms with Gasteiger partial charge in [0.05, 0.1) is 5.69 Å². The quantitative estimate of drug-likeness (QED) is 0.568. The summed E-state index contributed by atoms with van der Waals surface area (Å²) in [6.07, 6.45) is 2.13. The highest BCUT2D eigenvalue weighted by Crippen LogP contribution is 2.42. The molecule has 4 rings (SSSR count). The number of alkyl halides is 1. The van der Waals surface area contributed by atoms with Gasteiger partial charge in [0, 0.05) is 39.5 Å². The molecule has 0 radical (unpaired) electrons. The lowest BCUT2D eigenvalue weighted by molar-refractivity contribution is 0.710. The lowest BCUT2D eigenvalue weighted by Gasteiger charge is -2.13. The number of hydrogen-bond donors (Lipinski definition) is 0. The second-order valence-electron chi connectivity index (χ2n) is 5.63. The number of aromatic nitrogens is 1. The first-order chi connectivity index (χ1) is 10.9. The molecule has 112 valence electrons. The van der Waals surface area contributed by atoms with Crippen LogP contribution < -0.4 is 0 Å². The number of aryl methyl sites for hydroxylation is 2. The van der Waals surface area contributed by atoms with Gasteiger partial charge in [0.15, 0.2) is 0 Å². The average Bonchev–Trinajstić information content (AvgIpc) is 2.74. The molecular formula is C19H18ClNS. The van der Waals surface area contributed by atoms with Crippen LogP contribution in [0.25, 0.3) is 22.2 Å². The van der Waals surface area contributed by atoms with Gasteiger partial charge in [-0.1, -0.05) is 36.4 Å². The molecule has 22 heavy (non-hydrogen) atoms. The fourth-order valence-electron chi connectivity index (χ4n) is 3.44. The number of nitrogens with zero attached hydrogens (tertiary/aromatic N) is 1. The fourth-order valence-corrected chi connectivity index (χ4v) is 4.58. The van der Waals surface area contributed by atoms with Crippen LogP contribution in [0.3, 0.4) is 0 Å². The van der Waals surface area contributed by atoms with Gasteiger partial charge in [-0.05, 0) is 30.5 Å². The van der Waals surface area contributed by atoms with E-state index in [0.29, 0.717) is 5.88 Å². The third-order valence-electron chi connectivity index (χ3n) is 4.34. The summed E-state index contributed by atoms with van der Waals surface area (Å²) in [7, 11) is 0. The number of halogens is 1. The van der Waals surface area contributed by atoms with Gasteiger partial charge in [-0.3, -0.25) is 0 Å². The number of rotatable bonds is 3. The summed E-state index contributed by atoms with van der Waals surface area (Å²) in [6, 6.07) is 17.6. The normalized spacial score (nSPS) is 13.7. The molecule has 3 aromatic rings. The van der Waals surface area contributed by atoms with E-state index in [9.17, 15) is 0 Å². The van der Waals surface area contributed by atoms with E-state index in [1.165, 1.54) is 32.6 Å². The molecule has 2 heterocycles. The maximum atomic E-state index is 5.97. The molecule has 3 heteroatoms. The number of para-hydroxylation sites is 1. The molecule has 0 fully saturated rings. The van der Waals surface area contributed by atoms with Gasteiger partial charge in [0.25, 0.3) is 0 Å². The van der Waals surface area contributed by atoms with Crippen LogP contribution in [0, 0.1) is 0 Å². The predicted octanol–water partition coefficient (Wildman–Crippen LogP) is 5.59. The number of hydrogen-bond acceptors (Lipinski definition) is 1. The molecule has 0 aliphatic carbocycles. The minimum atomic E-state index is 0.706. The number of thioether (sulfide) groups is 1. The van der Waals surface area contributed by atoms with Gasteiger partial charge in [-0.15, -0.1) is 23.4 Å². The Morgan fingerprint density at radius 3 is 2.77 bits per heavy atom. The maximum absolute atomic E-state index is 5.97. The summed E-state index contributed by atoms with van der Waals surface area (Å²) in [5.74, 6) is 1.85. The lowest BCUT2D eigenvalue weighted by atomic mass is 10.0. The van der Waals surface area contributed by atoms with Crippen molar-refractivity contribution in [3.05, 3.63) is 54.1 Å². The summed E-state index contributed by atoms with van der Waals surface area (Å²) in [4.78, 5) is 1.40. The zero-order valence-corrected chi connectivity index (χ0v) is 14.0. The first-order valence-corrected chi connectivity index (χ1v) is 9.30. The third kappa shape index (κ3) is 2.26. The maximum Gasteiger partial charge on any atom is 0.0535 e. The van der Waals surface area contributed by atoms with Gasteiger partial charge >= 0.3 is 0 Å². The Bertz CT molecular complexity index is 821. The summed E-state index contributed by atoms with van der Waals surface area (Å²) in [5, 5.41) is 1.41. The van der Waals surface area contributed by atoms with Gasteiger partial charge < -0.3 is 4.57 Å². The van der Waals surface area contributed by atoms with E-state index < -0.39 is 0 Å². The van der Waals surface area contributed by atoms with Crippen molar-refractivity contribution < 1.29 is 0 Å². The SMILES string of the molecule is ClCCCn1c2c(c3ccccc31)CCSc1ccccc1-2. The molecule has 1 aromatic heterocycles. The van der Waals surface area contributed by atoms with Gasteiger partial charge in [0.1, 0.15) is 0 Å². The van der Waals surface area contributed by atoms with Crippen molar-refractivity contribution in [2.24, 2.45) is 0 Å². The Kier molecular flexibility index (Phi) is 3.89. The number of benzene rings is 2. The van der Waals surface area contributed by atoms with E-state index in [4.69, 9.17) is 11.6 Å². The molecule has 1 aliphatic heterocycles. The van der Waals surface area contributed by atoms with Gasteiger partial charge in [-0.25, -0.2) is 0 Å². The van der Waals surface area contributed by atoms with Crippen LogP contribution in [0.15, 0.2) is 53.4 Å². The van der Waals surface area contributed by atoms with E-state index in [2.05, 4.69) is 53.1 Å². The standard InChI is InChI=1S/C19H18ClNS/c20-11-5-12-21-17-8-3-1-6-14(17)15-10-13-22-18-9-4-2-7-16(18)19(15)21/h1-4,6-9H,5,10-13H2. The molecule has 0 unspecified atom stereocenters. The second kappa shape index (κ2) is 6.02. The summed E-state index contributed by atoms with van der Waals surface area (Å²) in [5.41, 5.74) is 5.64. The topological polar surface area (TPSA) is 4.93 Å². The number of fused-ring (bicyclic) bond motifs is 5. The minimum Gasteiger partial charge on any atom is -0.340 e. The highest BCUT2D eigenvalue weighted by atomic mass is 35.5. The summed E-state index contributed by atoms with van der Waals surface area (Å²) in [6.45, 7) is 0.984. The van der Waals surface area contributed by atoms with Crippen LogP contribution in [0.4, 0.5) is 0 Å². The Balaban J connectivity index is 2.04. The van der Waals surface area contributed by atoms with Crippen molar-refractivity contribution >= 4 is 34.3 Å². The summed E-state index contributed by atoms with van der Waals surface area (Å²) >= 11 is 7.94. The predicted molar refractivity (Wildman–Crippen MR) is 97.1 cm³/mol. The van der Waals surface area contributed by atoms with Crippen LogP contribution >= 0.6 is 23.4 Å². The minimum absolute atomic E-state index is 0.706. The smallest absolute Gasteiger partial charge is 0.0535 e. The Morgan fingerprint density at radius 1 is 1.05 bits per heavy atom. The molecular weight excluding hydrogens is 310 g/mol. The van der Waals surface area contributed by atoms with E-state index in [1.54, 1.807) is 0 Å². The molecule has 0 atom stereocenters. The first kappa shape index (κ1) is 14.2. The molecule has 0 bridgehead atoms. The van der Waals surface area contributed by atoms with Gasteiger partial charge in [0.2, 0.25) is 0 Å². The van der Waals surface area contributed by atoms with Crippen LogP contribution in [-0.2, 0) is 13.0 Å². The molecule has 0 amide bonds. The van der Waals surface area contributed by atoms with Crippen LogP contribution in [0.5, 0.6) is 0 Å². The van der Waals surface area contributed by atoms with Crippen molar-refractivity contribution in [2.45, 2.75) is 24.3 Å². The van der Waals surface area contributed by atoms with E-state index in [-0.39, 0.29) is 0 Å². The van der Waals surface area contributed by atoms with Crippen LogP contribution in [0.2, 0.25) is 0 Å². The fraction of sp³-hybridized carbons (Fsp3) is 0.263. The van der Waals surface area contributed by atoms with E-state index >= 15 is 0 Å². The molecule has 1 nitrogen and oxygen atoms in total.